The van der Waals surface area contributed by atoms with Gasteiger partial charge >= 0.3 is 5.97 Å². The molecule has 1 aromatic rings. The second-order valence-electron chi connectivity index (χ2n) is 7.12. The number of carbonyl (C=O) groups is 1. The minimum atomic E-state index is -0.661. The summed E-state index contributed by atoms with van der Waals surface area (Å²) in [6.45, 7) is 3.70. The van der Waals surface area contributed by atoms with E-state index in [9.17, 15) is 9.90 Å². The number of hydrogen-bond acceptors (Lipinski definition) is 3. The van der Waals surface area contributed by atoms with Crippen LogP contribution in [-0.4, -0.2) is 23.7 Å². The molecule has 1 aromatic carbocycles. The third-order valence-electron chi connectivity index (χ3n) is 5.09. The van der Waals surface area contributed by atoms with Gasteiger partial charge in [0.15, 0.2) is 0 Å². The molecule has 2 rings (SSSR count). The Morgan fingerprint density at radius 3 is 2.60 bits per heavy atom. The first-order chi connectivity index (χ1) is 12.2. The molecule has 0 amide bonds. The molecule has 0 aliphatic heterocycles. The monoisotopic (exact) mass is 347 g/mol. The van der Waals surface area contributed by atoms with Gasteiger partial charge in [0.2, 0.25) is 0 Å². The Morgan fingerprint density at radius 1 is 1.12 bits per heavy atom. The van der Waals surface area contributed by atoms with Gasteiger partial charge in [-0.1, -0.05) is 57.6 Å². The number of rotatable bonds is 10. The van der Waals surface area contributed by atoms with Gasteiger partial charge in [-0.25, -0.2) is 0 Å². The van der Waals surface area contributed by atoms with E-state index >= 15 is 0 Å². The zero-order valence-corrected chi connectivity index (χ0v) is 15.5. The summed E-state index contributed by atoms with van der Waals surface area (Å²) in [5.41, 5.74) is 1.17. The molecular formula is C21H33NO3. The molecule has 25 heavy (non-hydrogen) atoms. The lowest BCUT2D eigenvalue weighted by Crippen LogP contribution is -2.39. The van der Waals surface area contributed by atoms with Gasteiger partial charge in [-0.05, 0) is 37.0 Å². The summed E-state index contributed by atoms with van der Waals surface area (Å²) >= 11 is 0. The van der Waals surface area contributed by atoms with Crippen LogP contribution in [0.1, 0.15) is 70.3 Å². The molecule has 140 valence electrons. The quantitative estimate of drug-likeness (QED) is 0.473. The molecule has 0 bridgehead atoms. The highest BCUT2D eigenvalue weighted by Crippen LogP contribution is 2.24. The second kappa shape index (κ2) is 11.1. The van der Waals surface area contributed by atoms with Crippen molar-refractivity contribution in [2.45, 2.75) is 77.3 Å². The maximum atomic E-state index is 11.5. The number of nitrogens with one attached hydrogen (secondary N) is 1. The van der Waals surface area contributed by atoms with Gasteiger partial charge in [0, 0.05) is 12.6 Å². The lowest BCUT2D eigenvalue weighted by Gasteiger charge is -2.23. The average Bonchev–Trinajstić information content (AvgIpc) is 2.86. The van der Waals surface area contributed by atoms with E-state index in [1.54, 1.807) is 0 Å². The molecule has 1 aliphatic rings. The first-order valence-electron chi connectivity index (χ1n) is 9.88. The van der Waals surface area contributed by atoms with Crippen molar-refractivity contribution >= 4 is 5.97 Å². The van der Waals surface area contributed by atoms with E-state index in [0.29, 0.717) is 6.54 Å². The number of benzene rings is 1. The molecule has 2 atom stereocenters. The van der Waals surface area contributed by atoms with Crippen LogP contribution >= 0.6 is 0 Å². The molecule has 0 aromatic heterocycles. The topological polar surface area (TPSA) is 58.6 Å². The van der Waals surface area contributed by atoms with Crippen LogP contribution in [0.5, 0.6) is 5.75 Å². The first kappa shape index (κ1) is 19.8. The number of carboxylic acid groups (broad SMARTS) is 1. The number of aliphatic carboxylic acids is 1. The molecule has 0 saturated heterocycles. The van der Waals surface area contributed by atoms with Crippen LogP contribution in [0.4, 0.5) is 0 Å². The summed E-state index contributed by atoms with van der Waals surface area (Å²) < 4.78 is 5.77. The third-order valence-corrected chi connectivity index (χ3v) is 5.09. The van der Waals surface area contributed by atoms with E-state index in [4.69, 9.17) is 4.74 Å². The van der Waals surface area contributed by atoms with Gasteiger partial charge in [0.25, 0.3) is 0 Å². The minimum Gasteiger partial charge on any atom is -0.494 e. The lowest BCUT2D eigenvalue weighted by molar-refractivity contribution is -0.143. The van der Waals surface area contributed by atoms with Gasteiger partial charge in [0.05, 0.1) is 12.5 Å². The molecule has 2 N–H and O–H groups in total. The second-order valence-corrected chi connectivity index (χ2v) is 7.12. The number of unbranched alkanes of at least 4 members (excludes halogenated alkanes) is 3. The molecule has 4 heteroatoms. The average molecular weight is 347 g/mol. The van der Waals surface area contributed by atoms with Crippen molar-refractivity contribution in [2.24, 2.45) is 5.92 Å². The Bertz CT molecular complexity index is 500. The lowest BCUT2D eigenvalue weighted by atomic mass is 9.94. The van der Waals surface area contributed by atoms with Crippen LogP contribution in [0.25, 0.3) is 0 Å². The SMILES string of the molecule is CCCCCCOc1ccc(CNC2CCCCCC2C(=O)O)cc1. The van der Waals surface area contributed by atoms with Gasteiger partial charge in [-0.15, -0.1) is 0 Å². The maximum Gasteiger partial charge on any atom is 0.308 e. The van der Waals surface area contributed by atoms with Crippen LogP contribution in [0.15, 0.2) is 24.3 Å². The Balaban J connectivity index is 1.77. The molecule has 4 nitrogen and oxygen atoms in total. The molecule has 0 spiro atoms. The van der Waals surface area contributed by atoms with Crippen molar-refractivity contribution in [3.05, 3.63) is 29.8 Å². The Labute approximate surface area is 152 Å². The van der Waals surface area contributed by atoms with E-state index in [1.807, 2.05) is 12.1 Å². The van der Waals surface area contributed by atoms with Crippen molar-refractivity contribution in [1.29, 1.82) is 0 Å². The first-order valence-corrected chi connectivity index (χ1v) is 9.88. The zero-order chi connectivity index (χ0) is 17.9. The predicted octanol–water partition coefficient (Wildman–Crippen LogP) is 4.77. The molecule has 1 aliphatic carbocycles. The standard InChI is InChI=1S/C21H33NO3/c1-2-3-4-8-15-25-18-13-11-17(12-14-18)16-22-20-10-7-5-6-9-19(20)21(23)24/h11-14,19-20,22H,2-10,15-16H2,1H3,(H,23,24). The fourth-order valence-electron chi connectivity index (χ4n) is 3.52. The molecule has 1 fully saturated rings. The third kappa shape index (κ3) is 7.07. The van der Waals surface area contributed by atoms with Crippen molar-refractivity contribution in [1.82, 2.24) is 5.32 Å². The van der Waals surface area contributed by atoms with Crippen molar-refractivity contribution in [3.8, 4) is 5.75 Å². The van der Waals surface area contributed by atoms with Crippen molar-refractivity contribution in [3.63, 3.8) is 0 Å². The van der Waals surface area contributed by atoms with E-state index in [-0.39, 0.29) is 12.0 Å². The van der Waals surface area contributed by atoms with Gasteiger partial charge in [-0.3, -0.25) is 4.79 Å². The van der Waals surface area contributed by atoms with Crippen LogP contribution < -0.4 is 10.1 Å². The van der Waals surface area contributed by atoms with Gasteiger partial charge in [-0.2, -0.15) is 0 Å². The van der Waals surface area contributed by atoms with Crippen molar-refractivity contribution in [2.75, 3.05) is 6.61 Å². The molecule has 2 unspecified atom stereocenters. The fourth-order valence-corrected chi connectivity index (χ4v) is 3.52. The Morgan fingerprint density at radius 2 is 1.88 bits per heavy atom. The van der Waals surface area contributed by atoms with E-state index in [2.05, 4.69) is 24.4 Å². The summed E-state index contributed by atoms with van der Waals surface area (Å²) in [5, 5.41) is 12.9. The largest absolute Gasteiger partial charge is 0.494 e. The summed E-state index contributed by atoms with van der Waals surface area (Å²) in [7, 11) is 0. The highest BCUT2D eigenvalue weighted by molar-refractivity contribution is 5.70. The van der Waals surface area contributed by atoms with Crippen LogP contribution in [0.3, 0.4) is 0 Å². The van der Waals surface area contributed by atoms with Gasteiger partial charge < -0.3 is 15.2 Å². The molecule has 0 heterocycles. The highest BCUT2D eigenvalue weighted by atomic mass is 16.5. The van der Waals surface area contributed by atoms with Crippen LogP contribution in [-0.2, 0) is 11.3 Å². The fraction of sp³-hybridized carbons (Fsp3) is 0.667. The predicted molar refractivity (Wildman–Crippen MR) is 101 cm³/mol. The number of hydrogen-bond donors (Lipinski definition) is 2. The van der Waals surface area contributed by atoms with E-state index in [1.165, 1.54) is 24.8 Å². The summed E-state index contributed by atoms with van der Waals surface area (Å²) in [4.78, 5) is 11.5. The smallest absolute Gasteiger partial charge is 0.308 e. The molecule has 0 radical (unpaired) electrons. The number of ether oxygens (including phenoxy) is 1. The summed E-state index contributed by atoms with van der Waals surface area (Å²) in [6.07, 6.45) is 9.88. The van der Waals surface area contributed by atoms with Crippen LogP contribution in [0.2, 0.25) is 0 Å². The minimum absolute atomic E-state index is 0.0782. The normalized spacial score (nSPS) is 20.8. The summed E-state index contributed by atoms with van der Waals surface area (Å²) in [5.74, 6) is -0.00224. The molecular weight excluding hydrogens is 314 g/mol. The van der Waals surface area contributed by atoms with Crippen LogP contribution in [0, 0.1) is 5.92 Å². The summed E-state index contributed by atoms with van der Waals surface area (Å²) in [6, 6.07) is 8.24. The number of carboxylic acids is 1. The molecule has 1 saturated carbocycles. The van der Waals surface area contributed by atoms with Crippen molar-refractivity contribution < 1.29 is 14.6 Å². The van der Waals surface area contributed by atoms with E-state index in [0.717, 1.165) is 50.9 Å². The van der Waals surface area contributed by atoms with E-state index < -0.39 is 5.97 Å². The Kier molecular flexibility index (Phi) is 8.81. The Hall–Kier alpha value is -1.55. The highest BCUT2D eigenvalue weighted by Gasteiger charge is 2.28. The maximum absolute atomic E-state index is 11.5. The van der Waals surface area contributed by atoms with Gasteiger partial charge in [0.1, 0.15) is 5.75 Å². The zero-order valence-electron chi connectivity index (χ0n) is 15.5.